The van der Waals surface area contributed by atoms with Crippen molar-refractivity contribution in [3.63, 3.8) is 0 Å². The quantitative estimate of drug-likeness (QED) is 0.374. The van der Waals surface area contributed by atoms with Crippen LogP contribution in [-0.4, -0.2) is 39.3 Å². The van der Waals surface area contributed by atoms with Crippen LogP contribution >= 0.6 is 8.60 Å². The Morgan fingerprint density at radius 1 is 1.44 bits per heavy atom. The van der Waals surface area contributed by atoms with E-state index in [1.807, 2.05) is 0 Å². The van der Waals surface area contributed by atoms with Crippen molar-refractivity contribution in [3.05, 3.63) is 0 Å². The van der Waals surface area contributed by atoms with Crippen LogP contribution < -0.4 is 0 Å². The lowest BCUT2D eigenvalue weighted by Gasteiger charge is -2.06. The van der Waals surface area contributed by atoms with Crippen LogP contribution in [0.3, 0.4) is 0 Å². The first kappa shape index (κ1) is 9.23. The molecule has 0 saturated heterocycles. The molecule has 0 fully saturated rings. The monoisotopic (exact) mass is 156 g/mol. The molecule has 0 spiro atoms. The van der Waals surface area contributed by atoms with Crippen LogP contribution in [0.5, 0.6) is 0 Å². The Morgan fingerprint density at radius 3 is 2.33 bits per heavy atom. The summed E-state index contributed by atoms with van der Waals surface area (Å²) in [4.78, 5) is 16.2. The van der Waals surface area contributed by atoms with Crippen LogP contribution in [0, 0.1) is 0 Å². The van der Waals surface area contributed by atoms with Crippen LogP contribution in [0.4, 0.5) is 0 Å². The van der Waals surface area contributed by atoms with Crippen molar-refractivity contribution in [2.45, 2.75) is 6.10 Å². The topological polar surface area (TPSA) is 90.2 Å². The van der Waals surface area contributed by atoms with E-state index in [4.69, 9.17) is 20.0 Å². The summed E-state index contributed by atoms with van der Waals surface area (Å²) in [5.41, 5.74) is 0. The van der Waals surface area contributed by atoms with Crippen LogP contribution in [0.25, 0.3) is 0 Å². The number of aliphatic hydroxyl groups excluding tert-OH is 2. The van der Waals surface area contributed by atoms with Gasteiger partial charge in [-0.15, -0.1) is 0 Å². The molecule has 5 nitrogen and oxygen atoms in total. The van der Waals surface area contributed by atoms with E-state index in [2.05, 4.69) is 4.52 Å². The minimum atomic E-state index is -2.41. The summed E-state index contributed by atoms with van der Waals surface area (Å²) in [6, 6.07) is 0. The Hall–Kier alpha value is 0.230. The maximum atomic E-state index is 8.52. The van der Waals surface area contributed by atoms with Crippen molar-refractivity contribution in [2.24, 2.45) is 0 Å². The second kappa shape index (κ2) is 5.05. The normalized spacial score (nSPS) is 14.3. The smallest absolute Gasteiger partial charge is 0.327 e. The van der Waals surface area contributed by atoms with E-state index in [0.29, 0.717) is 0 Å². The minimum Gasteiger partial charge on any atom is -0.394 e. The average molecular weight is 156 g/mol. The second-order valence-corrected chi connectivity index (χ2v) is 2.15. The molecule has 1 atom stereocenters. The molecule has 0 radical (unpaired) electrons. The molecule has 0 aromatic carbocycles. The summed E-state index contributed by atoms with van der Waals surface area (Å²) >= 11 is 0. The zero-order chi connectivity index (χ0) is 7.28. The van der Waals surface area contributed by atoms with Crippen molar-refractivity contribution < 1.29 is 24.5 Å². The Balaban J connectivity index is 3.06. The van der Waals surface area contributed by atoms with Crippen LogP contribution in [0.2, 0.25) is 0 Å². The van der Waals surface area contributed by atoms with Crippen LogP contribution in [0.15, 0.2) is 0 Å². The van der Waals surface area contributed by atoms with E-state index < -0.39 is 21.3 Å². The highest BCUT2D eigenvalue weighted by atomic mass is 31.2. The summed E-state index contributed by atoms with van der Waals surface area (Å²) in [5.74, 6) is 0. The van der Waals surface area contributed by atoms with Crippen molar-refractivity contribution in [3.8, 4) is 0 Å². The number of aliphatic hydroxyl groups is 2. The van der Waals surface area contributed by atoms with Crippen molar-refractivity contribution >= 4 is 8.60 Å². The molecule has 9 heavy (non-hydrogen) atoms. The van der Waals surface area contributed by atoms with E-state index in [0.717, 1.165) is 0 Å². The molecule has 56 valence electrons. The van der Waals surface area contributed by atoms with E-state index in [1.54, 1.807) is 0 Å². The van der Waals surface area contributed by atoms with Crippen LogP contribution in [0.1, 0.15) is 0 Å². The zero-order valence-corrected chi connectivity index (χ0v) is 5.53. The highest BCUT2D eigenvalue weighted by Crippen LogP contribution is 2.23. The molecule has 0 amide bonds. The molecule has 0 aromatic heterocycles. The number of rotatable bonds is 4. The number of hydrogen-bond donors (Lipinski definition) is 4. The molecule has 1 unspecified atom stereocenters. The summed E-state index contributed by atoms with van der Waals surface area (Å²) in [5, 5.41) is 16.7. The molecule has 6 heteroatoms. The fourth-order valence-electron chi connectivity index (χ4n) is 0.205. The lowest BCUT2D eigenvalue weighted by molar-refractivity contribution is 0.0492. The predicted octanol–water partition coefficient (Wildman–Crippen LogP) is -1.43. The molecule has 0 aromatic rings. The Kier molecular flexibility index (Phi) is 5.18. The van der Waals surface area contributed by atoms with Gasteiger partial charge in [0.25, 0.3) is 0 Å². The van der Waals surface area contributed by atoms with Gasteiger partial charge in [0.1, 0.15) is 6.10 Å². The molecular formula is C3H9O5P. The predicted molar refractivity (Wildman–Crippen MR) is 30.4 cm³/mol. The first-order chi connectivity index (χ1) is 4.16. The lowest BCUT2D eigenvalue weighted by Crippen LogP contribution is -2.17. The third kappa shape index (κ3) is 6.11. The summed E-state index contributed by atoms with van der Waals surface area (Å²) in [7, 11) is -2.41. The fourth-order valence-corrected chi connectivity index (χ4v) is 0.511. The first-order valence-electron chi connectivity index (χ1n) is 2.26. The van der Waals surface area contributed by atoms with E-state index in [1.165, 1.54) is 0 Å². The van der Waals surface area contributed by atoms with Gasteiger partial charge in [-0.2, -0.15) is 0 Å². The molecule has 0 aliphatic heterocycles. The van der Waals surface area contributed by atoms with Crippen molar-refractivity contribution in [2.75, 3.05) is 13.2 Å². The van der Waals surface area contributed by atoms with Gasteiger partial charge in [0.05, 0.1) is 13.2 Å². The van der Waals surface area contributed by atoms with E-state index >= 15 is 0 Å². The largest absolute Gasteiger partial charge is 0.394 e. The van der Waals surface area contributed by atoms with Gasteiger partial charge in [-0.25, -0.2) is 0 Å². The molecule has 0 aliphatic carbocycles. The highest BCUT2D eigenvalue weighted by molar-refractivity contribution is 7.39. The maximum Gasteiger partial charge on any atom is 0.327 e. The standard InChI is InChI=1S/C3H9O5P/c4-1-3(5)2-8-9(6)7/h3-7H,1-2H2. The fraction of sp³-hybridized carbons (Fsp3) is 1.00. The third-order valence-corrected chi connectivity index (χ3v) is 0.973. The third-order valence-electron chi connectivity index (χ3n) is 0.593. The zero-order valence-electron chi connectivity index (χ0n) is 4.64. The van der Waals surface area contributed by atoms with Gasteiger partial charge in [0.2, 0.25) is 0 Å². The Labute approximate surface area is 53.5 Å². The molecular weight excluding hydrogens is 147 g/mol. The molecule has 0 heterocycles. The van der Waals surface area contributed by atoms with Gasteiger partial charge in [0, 0.05) is 0 Å². The first-order valence-corrected chi connectivity index (χ1v) is 3.43. The van der Waals surface area contributed by atoms with Crippen molar-refractivity contribution in [1.82, 2.24) is 0 Å². The van der Waals surface area contributed by atoms with E-state index in [-0.39, 0.29) is 6.61 Å². The summed E-state index contributed by atoms with van der Waals surface area (Å²) in [6.07, 6.45) is -1.03. The SMILES string of the molecule is OCC(O)COP(O)O. The van der Waals surface area contributed by atoms with Gasteiger partial charge in [-0.05, 0) is 0 Å². The van der Waals surface area contributed by atoms with Gasteiger partial charge in [-0.3, -0.25) is 0 Å². The molecule has 0 saturated carbocycles. The number of hydrogen-bond acceptors (Lipinski definition) is 5. The van der Waals surface area contributed by atoms with Gasteiger partial charge in [0.15, 0.2) is 0 Å². The van der Waals surface area contributed by atoms with Gasteiger partial charge < -0.3 is 24.5 Å². The highest BCUT2D eigenvalue weighted by Gasteiger charge is 2.05. The molecule has 0 rings (SSSR count). The Morgan fingerprint density at radius 2 is 2.00 bits per heavy atom. The lowest BCUT2D eigenvalue weighted by atomic mass is 10.4. The van der Waals surface area contributed by atoms with Gasteiger partial charge >= 0.3 is 8.60 Å². The maximum absolute atomic E-state index is 8.52. The van der Waals surface area contributed by atoms with Gasteiger partial charge in [-0.1, -0.05) is 0 Å². The minimum absolute atomic E-state index is 0.255. The molecule has 0 aliphatic rings. The van der Waals surface area contributed by atoms with Crippen molar-refractivity contribution in [1.29, 1.82) is 0 Å². The molecule has 0 bridgehead atoms. The average Bonchev–Trinajstić information content (AvgIpc) is 1.83. The summed E-state index contributed by atoms with van der Waals surface area (Å²) in [6.45, 7) is -0.696. The second-order valence-electron chi connectivity index (χ2n) is 1.38. The van der Waals surface area contributed by atoms with E-state index in [9.17, 15) is 0 Å². The summed E-state index contributed by atoms with van der Waals surface area (Å²) < 4.78 is 4.16. The Bertz CT molecular complexity index is 67.2. The van der Waals surface area contributed by atoms with Crippen LogP contribution in [-0.2, 0) is 4.52 Å². The molecule has 4 N–H and O–H groups in total.